The number of benzene rings is 1. The van der Waals surface area contributed by atoms with E-state index in [2.05, 4.69) is 46.5 Å². The summed E-state index contributed by atoms with van der Waals surface area (Å²) in [5.74, 6) is -1.000. The summed E-state index contributed by atoms with van der Waals surface area (Å²) in [6.45, 7) is 18.4. The molecule has 0 saturated carbocycles. The van der Waals surface area contributed by atoms with E-state index in [1.165, 1.54) is 17.9 Å². The quantitative estimate of drug-likeness (QED) is 0.132. The monoisotopic (exact) mass is 538 g/mol. The maximum Gasteiger partial charge on any atom is 0.332 e. The number of methoxy groups -OCH3 is 1. The third kappa shape index (κ3) is 5.11. The molecule has 10 heteroatoms. The minimum Gasteiger partial charge on any atom is -0.467 e. The lowest BCUT2D eigenvalue weighted by molar-refractivity contribution is -0.184. The van der Waals surface area contributed by atoms with E-state index in [9.17, 15) is 9.59 Å². The molecular formula is C24H34N2O4S3Si. The molecule has 34 heavy (non-hydrogen) atoms. The van der Waals surface area contributed by atoms with Gasteiger partial charge in [0.1, 0.15) is 5.37 Å². The molecule has 0 spiro atoms. The van der Waals surface area contributed by atoms with E-state index >= 15 is 0 Å². The highest BCUT2D eigenvalue weighted by Crippen LogP contribution is 2.55. The number of carbonyl (C=O) groups excluding carboxylic acids is 2. The molecule has 1 saturated heterocycles. The van der Waals surface area contributed by atoms with Crippen molar-refractivity contribution >= 4 is 64.1 Å². The van der Waals surface area contributed by atoms with E-state index in [4.69, 9.17) is 14.1 Å². The second-order valence-corrected chi connectivity index (χ2v) is 16.0. The van der Waals surface area contributed by atoms with Crippen molar-refractivity contribution in [2.24, 2.45) is 11.3 Å². The normalized spacial score (nSPS) is 21.3. The van der Waals surface area contributed by atoms with Crippen molar-refractivity contribution in [2.75, 3.05) is 7.11 Å². The first kappa shape index (κ1) is 27.3. The van der Waals surface area contributed by atoms with Crippen LogP contribution < -0.4 is 0 Å². The number of rotatable bonds is 9. The van der Waals surface area contributed by atoms with E-state index in [-0.39, 0.29) is 16.7 Å². The molecular weight excluding hydrogens is 505 g/mol. The minimum absolute atomic E-state index is 0.104. The number of nitrogens with zero attached hydrogens (tertiary/aromatic N) is 2. The number of hydrogen-bond acceptors (Lipinski definition) is 8. The second-order valence-electron chi connectivity index (χ2n) is 10.0. The highest BCUT2D eigenvalue weighted by molar-refractivity contribution is 8.77. The summed E-state index contributed by atoms with van der Waals surface area (Å²) in [5, 5.41) is -0.303. The molecule has 1 aliphatic heterocycles. The third-order valence-electron chi connectivity index (χ3n) is 6.30. The molecule has 1 fully saturated rings. The van der Waals surface area contributed by atoms with Crippen molar-refractivity contribution in [3.63, 3.8) is 0 Å². The summed E-state index contributed by atoms with van der Waals surface area (Å²) in [7, 11) is 2.94. The van der Waals surface area contributed by atoms with Gasteiger partial charge in [-0.05, 0) is 60.9 Å². The number of carbonyl (C=O) groups is 2. The summed E-state index contributed by atoms with van der Waals surface area (Å²) in [5.41, 5.74) is 0.547. The summed E-state index contributed by atoms with van der Waals surface area (Å²) >= 11 is 1.62. The Balaban J connectivity index is 1.99. The van der Waals surface area contributed by atoms with Crippen LogP contribution in [0, 0.1) is 11.3 Å². The average molecular weight is 539 g/mol. The van der Waals surface area contributed by atoms with Crippen molar-refractivity contribution in [2.45, 2.75) is 69.1 Å². The molecule has 6 nitrogen and oxygen atoms in total. The van der Waals surface area contributed by atoms with Crippen molar-refractivity contribution in [1.29, 1.82) is 0 Å². The number of fused-ring (bicyclic) bond motifs is 1. The van der Waals surface area contributed by atoms with Crippen LogP contribution in [0.15, 0.2) is 40.8 Å². The summed E-state index contributed by atoms with van der Waals surface area (Å²) in [6.07, 6.45) is 0. The maximum atomic E-state index is 13.7. The molecule has 4 atom stereocenters. The summed E-state index contributed by atoms with van der Waals surface area (Å²) in [4.78, 5) is 32.8. The van der Waals surface area contributed by atoms with Gasteiger partial charge < -0.3 is 14.1 Å². The van der Waals surface area contributed by atoms with Gasteiger partial charge in [0.25, 0.3) is 0 Å². The molecule has 186 valence electrons. The fraction of sp³-hybridized carbons (Fsp3) is 0.542. The summed E-state index contributed by atoms with van der Waals surface area (Å²) in [6, 6.07) is 7.19. The zero-order valence-corrected chi connectivity index (χ0v) is 24.7. The van der Waals surface area contributed by atoms with E-state index in [0.29, 0.717) is 5.57 Å². The first-order chi connectivity index (χ1) is 15.8. The summed E-state index contributed by atoms with van der Waals surface area (Å²) < 4.78 is 13.7. The molecule has 2 heterocycles. The molecule has 1 aromatic heterocycles. The average Bonchev–Trinajstić information content (AvgIpc) is 3.15. The molecule has 3 unspecified atom stereocenters. The fourth-order valence-electron chi connectivity index (χ4n) is 4.22. The molecule has 2 aromatic rings. The molecule has 1 aliphatic rings. The lowest BCUT2D eigenvalue weighted by Crippen LogP contribution is -2.73. The van der Waals surface area contributed by atoms with Crippen molar-refractivity contribution in [1.82, 2.24) is 9.88 Å². The van der Waals surface area contributed by atoms with Gasteiger partial charge in [-0.2, -0.15) is 0 Å². The Labute approximate surface area is 216 Å². The SMILES string of the molecule is C=C(C)C(C(=O)OC)N1C(=O)C([C@](C)(O[SiH](C)C)C(C)(C)C)C1SSc1nc2ccccc2s1. The van der Waals surface area contributed by atoms with Gasteiger partial charge in [-0.3, -0.25) is 4.79 Å². The molecule has 1 aromatic carbocycles. The maximum absolute atomic E-state index is 13.7. The van der Waals surface area contributed by atoms with Crippen LogP contribution in [0.25, 0.3) is 10.2 Å². The van der Waals surface area contributed by atoms with Crippen LogP contribution in [-0.4, -0.2) is 54.9 Å². The van der Waals surface area contributed by atoms with Crippen molar-refractivity contribution in [3.8, 4) is 0 Å². The zero-order valence-electron chi connectivity index (χ0n) is 21.1. The number of likely N-dealkylation sites (tertiary alicyclic amines) is 1. The molecule has 0 N–H and O–H groups in total. The molecule has 0 bridgehead atoms. The Hall–Kier alpha value is -1.33. The molecule has 3 rings (SSSR count). The molecule has 1 amide bonds. The Morgan fingerprint density at radius 2 is 1.91 bits per heavy atom. The third-order valence-corrected chi connectivity index (χ3v) is 11.3. The number of para-hydroxylation sites is 1. The predicted molar refractivity (Wildman–Crippen MR) is 146 cm³/mol. The van der Waals surface area contributed by atoms with Gasteiger partial charge in [-0.25, -0.2) is 9.78 Å². The van der Waals surface area contributed by atoms with Crippen LogP contribution in [0.2, 0.25) is 13.1 Å². The van der Waals surface area contributed by atoms with Gasteiger partial charge in [0.15, 0.2) is 19.4 Å². The predicted octanol–water partition coefficient (Wildman–Crippen LogP) is 5.74. The Morgan fingerprint density at radius 3 is 2.44 bits per heavy atom. The van der Waals surface area contributed by atoms with E-state index < -0.39 is 32.6 Å². The van der Waals surface area contributed by atoms with E-state index in [1.807, 2.05) is 25.1 Å². The standard InChI is InChI=1S/C24H34N2O4S3Si/c1-14(2)18(21(28)29-7)26-19(27)17(24(6,23(3,4)5)30-34(8)9)20(26)32-33-22-25-15-12-10-11-13-16(15)31-22/h10-13,17-18,20,34H,1H2,2-9H3/t17?,18?,20?,24-/m0/s1. The number of esters is 1. The fourth-order valence-corrected chi connectivity index (χ4v) is 9.85. The van der Waals surface area contributed by atoms with Gasteiger partial charge in [-0.1, -0.05) is 50.3 Å². The van der Waals surface area contributed by atoms with Crippen LogP contribution in [0.4, 0.5) is 0 Å². The van der Waals surface area contributed by atoms with Crippen LogP contribution >= 0.6 is 32.9 Å². The molecule has 0 radical (unpaired) electrons. The van der Waals surface area contributed by atoms with Crippen molar-refractivity contribution < 1.29 is 18.8 Å². The first-order valence-electron chi connectivity index (χ1n) is 11.2. The van der Waals surface area contributed by atoms with E-state index in [0.717, 1.165) is 14.6 Å². The number of ether oxygens (including phenoxy) is 1. The smallest absolute Gasteiger partial charge is 0.332 e. The lowest BCUT2D eigenvalue weighted by atomic mass is 9.66. The Bertz CT molecular complexity index is 1050. The molecule has 0 aliphatic carbocycles. The van der Waals surface area contributed by atoms with Crippen LogP contribution in [0.5, 0.6) is 0 Å². The van der Waals surface area contributed by atoms with Crippen LogP contribution in [0.3, 0.4) is 0 Å². The largest absolute Gasteiger partial charge is 0.467 e. The number of β-lactam (4-membered cyclic amide) rings is 1. The van der Waals surface area contributed by atoms with Gasteiger partial charge in [0.2, 0.25) is 5.91 Å². The Morgan fingerprint density at radius 1 is 1.26 bits per heavy atom. The number of amides is 1. The minimum atomic E-state index is -1.48. The topological polar surface area (TPSA) is 68.7 Å². The second kappa shape index (κ2) is 10.3. The van der Waals surface area contributed by atoms with Gasteiger partial charge >= 0.3 is 5.97 Å². The number of aromatic nitrogens is 1. The highest BCUT2D eigenvalue weighted by Gasteiger charge is 2.63. The lowest BCUT2D eigenvalue weighted by Gasteiger charge is -2.59. The first-order valence-corrected chi connectivity index (χ1v) is 17.0. The number of hydrogen-bond donors (Lipinski definition) is 0. The van der Waals surface area contributed by atoms with Crippen LogP contribution in [-0.2, 0) is 18.8 Å². The van der Waals surface area contributed by atoms with Crippen LogP contribution in [0.1, 0.15) is 34.6 Å². The zero-order chi connectivity index (χ0) is 25.4. The van der Waals surface area contributed by atoms with E-state index in [1.54, 1.807) is 34.0 Å². The Kier molecular flexibility index (Phi) is 8.29. The van der Waals surface area contributed by atoms with Gasteiger partial charge in [-0.15, -0.1) is 11.3 Å². The van der Waals surface area contributed by atoms with Gasteiger partial charge in [0, 0.05) is 0 Å². The van der Waals surface area contributed by atoms with Crippen molar-refractivity contribution in [3.05, 3.63) is 36.4 Å². The van der Waals surface area contributed by atoms with Gasteiger partial charge in [0.05, 0.1) is 28.8 Å². The highest BCUT2D eigenvalue weighted by atomic mass is 33.1. The number of thiazole rings is 1.